The van der Waals surface area contributed by atoms with Crippen LogP contribution in [0.1, 0.15) is 12.5 Å². The summed E-state index contributed by atoms with van der Waals surface area (Å²) in [7, 11) is -3.79. The van der Waals surface area contributed by atoms with Crippen molar-refractivity contribution in [1.82, 2.24) is 4.72 Å². The number of hydrogen-bond donors (Lipinski definition) is 2. The molecule has 0 saturated heterocycles. The molecule has 2 rings (SSSR count). The zero-order valence-electron chi connectivity index (χ0n) is 13.9. The summed E-state index contributed by atoms with van der Waals surface area (Å²) >= 11 is 5.89. The molecule has 0 bridgehead atoms. The molecule has 0 aliphatic heterocycles. The number of anilines is 1. The van der Waals surface area contributed by atoms with Gasteiger partial charge in [0, 0.05) is 10.7 Å². The molecule has 0 aliphatic rings. The molecule has 0 radical (unpaired) electrons. The van der Waals surface area contributed by atoms with Gasteiger partial charge >= 0.3 is 0 Å². The predicted octanol–water partition coefficient (Wildman–Crippen LogP) is 2.96. The number of aryl methyl sites for hydroxylation is 1. The zero-order chi connectivity index (χ0) is 18.4. The summed E-state index contributed by atoms with van der Waals surface area (Å²) in [5.74, 6) is 0.0931. The molecule has 8 heteroatoms. The Balaban J connectivity index is 1.99. The van der Waals surface area contributed by atoms with Crippen molar-refractivity contribution < 1.29 is 17.9 Å². The highest BCUT2D eigenvalue weighted by Crippen LogP contribution is 2.20. The molecule has 6 nitrogen and oxygen atoms in total. The van der Waals surface area contributed by atoms with Crippen molar-refractivity contribution in [2.24, 2.45) is 0 Å². The van der Waals surface area contributed by atoms with Crippen LogP contribution in [0.2, 0.25) is 5.02 Å². The van der Waals surface area contributed by atoms with Crippen molar-refractivity contribution in [2.45, 2.75) is 18.7 Å². The minimum Gasteiger partial charge on any atom is -0.494 e. The predicted molar refractivity (Wildman–Crippen MR) is 97.6 cm³/mol. The standard InChI is InChI=1S/C17H19ClN2O4S/c1-3-24-14-6-8-15(9-7-14)25(22,23)19-11-17(21)20-16-10-13(18)5-4-12(16)2/h4-10,19H,3,11H2,1-2H3,(H,20,21). The molecule has 25 heavy (non-hydrogen) atoms. The van der Waals surface area contributed by atoms with E-state index in [9.17, 15) is 13.2 Å². The van der Waals surface area contributed by atoms with E-state index >= 15 is 0 Å². The fraction of sp³-hybridized carbons (Fsp3) is 0.235. The number of benzene rings is 2. The van der Waals surface area contributed by atoms with Crippen LogP contribution in [0.4, 0.5) is 5.69 Å². The normalized spacial score (nSPS) is 11.2. The first-order valence-corrected chi connectivity index (χ1v) is 9.46. The van der Waals surface area contributed by atoms with Gasteiger partial charge in [-0.05, 0) is 55.8 Å². The average Bonchev–Trinajstić information content (AvgIpc) is 2.57. The summed E-state index contributed by atoms with van der Waals surface area (Å²) in [5.41, 5.74) is 1.37. The highest BCUT2D eigenvalue weighted by atomic mass is 35.5. The number of sulfonamides is 1. The van der Waals surface area contributed by atoms with Crippen LogP contribution in [0.25, 0.3) is 0 Å². The second kappa shape index (κ2) is 8.33. The fourth-order valence-corrected chi connectivity index (χ4v) is 3.20. The molecule has 1 amide bonds. The highest BCUT2D eigenvalue weighted by Gasteiger charge is 2.16. The maximum Gasteiger partial charge on any atom is 0.241 e. The lowest BCUT2D eigenvalue weighted by Gasteiger charge is -2.10. The second-order valence-corrected chi connectivity index (χ2v) is 7.44. The van der Waals surface area contributed by atoms with Crippen molar-refractivity contribution in [2.75, 3.05) is 18.5 Å². The van der Waals surface area contributed by atoms with Gasteiger partial charge in [-0.15, -0.1) is 0 Å². The summed E-state index contributed by atoms with van der Waals surface area (Å²) in [6.07, 6.45) is 0. The maximum atomic E-state index is 12.2. The van der Waals surface area contributed by atoms with Crippen molar-refractivity contribution in [1.29, 1.82) is 0 Å². The SMILES string of the molecule is CCOc1ccc(S(=O)(=O)NCC(=O)Nc2cc(Cl)ccc2C)cc1. The Morgan fingerprint density at radius 2 is 1.84 bits per heavy atom. The molecule has 0 fully saturated rings. The molecule has 0 unspecified atom stereocenters. The number of carbonyl (C=O) groups is 1. The van der Waals surface area contributed by atoms with Gasteiger partial charge in [0.25, 0.3) is 0 Å². The van der Waals surface area contributed by atoms with E-state index < -0.39 is 15.9 Å². The van der Waals surface area contributed by atoms with Gasteiger partial charge in [-0.1, -0.05) is 17.7 Å². The number of amides is 1. The third-order valence-corrected chi connectivity index (χ3v) is 4.99. The molecule has 134 valence electrons. The largest absolute Gasteiger partial charge is 0.494 e. The monoisotopic (exact) mass is 382 g/mol. The Bertz CT molecular complexity index is 851. The molecule has 0 atom stereocenters. The molecule has 2 aromatic carbocycles. The van der Waals surface area contributed by atoms with Gasteiger partial charge in [0.05, 0.1) is 18.0 Å². The Hall–Kier alpha value is -2.09. The van der Waals surface area contributed by atoms with E-state index in [-0.39, 0.29) is 11.4 Å². The Labute approximate surface area is 152 Å². The first kappa shape index (κ1) is 19.2. The highest BCUT2D eigenvalue weighted by molar-refractivity contribution is 7.89. The van der Waals surface area contributed by atoms with Gasteiger partial charge in [-0.25, -0.2) is 13.1 Å². The summed E-state index contributed by atoms with van der Waals surface area (Å²) in [5, 5.41) is 3.11. The van der Waals surface area contributed by atoms with E-state index in [1.165, 1.54) is 12.1 Å². The van der Waals surface area contributed by atoms with Gasteiger partial charge < -0.3 is 10.1 Å². The van der Waals surface area contributed by atoms with Crippen LogP contribution in [0.3, 0.4) is 0 Å². The fourth-order valence-electron chi connectivity index (χ4n) is 2.05. The van der Waals surface area contributed by atoms with Crippen LogP contribution < -0.4 is 14.8 Å². The van der Waals surface area contributed by atoms with Crippen molar-refractivity contribution in [3.05, 3.63) is 53.1 Å². The minimum absolute atomic E-state index is 0.0580. The molecular weight excluding hydrogens is 364 g/mol. The maximum absolute atomic E-state index is 12.2. The van der Waals surface area contributed by atoms with E-state index in [0.717, 1.165) is 5.56 Å². The van der Waals surface area contributed by atoms with Crippen LogP contribution in [0.5, 0.6) is 5.75 Å². The molecule has 2 aromatic rings. The first-order chi connectivity index (χ1) is 11.8. The van der Waals surface area contributed by atoms with Gasteiger partial charge in [-0.2, -0.15) is 0 Å². The molecule has 0 aliphatic carbocycles. The van der Waals surface area contributed by atoms with E-state index in [1.807, 2.05) is 13.8 Å². The van der Waals surface area contributed by atoms with Gasteiger partial charge in [-0.3, -0.25) is 4.79 Å². The zero-order valence-corrected chi connectivity index (χ0v) is 15.4. The first-order valence-electron chi connectivity index (χ1n) is 7.60. The third-order valence-electron chi connectivity index (χ3n) is 3.34. The van der Waals surface area contributed by atoms with Gasteiger partial charge in [0.2, 0.25) is 15.9 Å². The molecule has 2 N–H and O–H groups in total. The number of nitrogens with one attached hydrogen (secondary N) is 2. The second-order valence-electron chi connectivity index (χ2n) is 5.24. The Morgan fingerprint density at radius 1 is 1.16 bits per heavy atom. The van der Waals surface area contributed by atoms with E-state index in [1.54, 1.807) is 30.3 Å². The van der Waals surface area contributed by atoms with Crippen molar-refractivity contribution >= 4 is 33.2 Å². The summed E-state index contributed by atoms with van der Waals surface area (Å²) in [6.45, 7) is 3.76. The van der Waals surface area contributed by atoms with Gasteiger partial charge in [0.1, 0.15) is 5.75 Å². The van der Waals surface area contributed by atoms with Crippen molar-refractivity contribution in [3.8, 4) is 5.75 Å². The van der Waals surface area contributed by atoms with E-state index in [2.05, 4.69) is 10.0 Å². The Kier molecular flexibility index (Phi) is 6.41. The lowest BCUT2D eigenvalue weighted by Crippen LogP contribution is -2.33. The van der Waals surface area contributed by atoms with Crippen LogP contribution in [-0.4, -0.2) is 27.5 Å². The number of rotatable bonds is 7. The Morgan fingerprint density at radius 3 is 2.48 bits per heavy atom. The third kappa shape index (κ3) is 5.45. The molecule has 0 heterocycles. The number of carbonyl (C=O) groups excluding carboxylic acids is 1. The summed E-state index contributed by atoms with van der Waals surface area (Å²) < 4.78 is 32.0. The van der Waals surface area contributed by atoms with E-state index in [4.69, 9.17) is 16.3 Å². The summed E-state index contributed by atoms with van der Waals surface area (Å²) in [6, 6.07) is 11.1. The number of hydrogen-bond acceptors (Lipinski definition) is 4. The molecule has 0 spiro atoms. The summed E-state index contributed by atoms with van der Waals surface area (Å²) in [4.78, 5) is 12.1. The molecular formula is C17H19ClN2O4S. The lowest BCUT2D eigenvalue weighted by molar-refractivity contribution is -0.115. The van der Waals surface area contributed by atoms with Crippen LogP contribution in [0, 0.1) is 6.92 Å². The average molecular weight is 383 g/mol. The minimum atomic E-state index is -3.79. The number of ether oxygens (including phenoxy) is 1. The van der Waals surface area contributed by atoms with Gasteiger partial charge in [0.15, 0.2) is 0 Å². The van der Waals surface area contributed by atoms with E-state index in [0.29, 0.717) is 23.1 Å². The van der Waals surface area contributed by atoms with Crippen LogP contribution in [-0.2, 0) is 14.8 Å². The quantitative estimate of drug-likeness (QED) is 0.771. The topological polar surface area (TPSA) is 84.5 Å². The van der Waals surface area contributed by atoms with Crippen LogP contribution >= 0.6 is 11.6 Å². The smallest absolute Gasteiger partial charge is 0.241 e. The lowest BCUT2D eigenvalue weighted by atomic mass is 10.2. The van der Waals surface area contributed by atoms with Crippen molar-refractivity contribution in [3.63, 3.8) is 0 Å². The molecule has 0 aromatic heterocycles. The van der Waals surface area contributed by atoms with Crippen LogP contribution in [0.15, 0.2) is 47.4 Å². The number of halogens is 1. The molecule has 0 saturated carbocycles.